The maximum absolute atomic E-state index is 12.4. The van der Waals surface area contributed by atoms with Gasteiger partial charge >= 0.3 is 5.91 Å². The van der Waals surface area contributed by atoms with E-state index < -0.39 is 12.0 Å². The van der Waals surface area contributed by atoms with Crippen molar-refractivity contribution >= 4 is 57.3 Å². The van der Waals surface area contributed by atoms with Crippen LogP contribution in [-0.4, -0.2) is 21.7 Å². The van der Waals surface area contributed by atoms with Crippen LogP contribution in [0.1, 0.15) is 6.92 Å². The zero-order chi connectivity index (χ0) is 21.1. The molecule has 3 rings (SSSR count). The average molecular weight is 451 g/mol. The lowest BCUT2D eigenvalue weighted by Gasteiger charge is -2.13. The van der Waals surface area contributed by atoms with Gasteiger partial charge in [-0.1, -0.05) is 58.9 Å². The van der Waals surface area contributed by atoms with E-state index in [1.807, 2.05) is 0 Å². The predicted molar refractivity (Wildman–Crippen MR) is 114 cm³/mol. The van der Waals surface area contributed by atoms with Gasteiger partial charge in [-0.05, 0) is 19.1 Å². The molecule has 0 fully saturated rings. The number of rotatable bonds is 5. The van der Waals surface area contributed by atoms with Crippen LogP contribution in [0.4, 0.5) is 5.69 Å². The fraction of sp³-hybridized carbons (Fsp3) is 0.150. The van der Waals surface area contributed by atoms with Crippen molar-refractivity contribution in [3.05, 3.63) is 51.5 Å². The first-order valence-electron chi connectivity index (χ1n) is 8.34. The zero-order valence-electron chi connectivity index (χ0n) is 15.1. The number of carbonyl (C=O) groups excluding carboxylic acids is 1. The molecule has 148 valence electrons. The summed E-state index contributed by atoms with van der Waals surface area (Å²) >= 11 is 17.9. The van der Waals surface area contributed by atoms with Gasteiger partial charge in [-0.15, -0.1) is 16.7 Å². The molecule has 0 aliphatic carbocycles. The molecule has 0 aliphatic rings. The van der Waals surface area contributed by atoms with Crippen molar-refractivity contribution in [3.63, 3.8) is 0 Å². The van der Waals surface area contributed by atoms with Crippen molar-refractivity contribution < 1.29 is 14.6 Å². The average Bonchev–Trinajstić information content (AvgIpc) is 2.96. The number of ether oxygens (including phenoxy) is 1. The number of benzene rings is 2. The molecule has 0 radical (unpaired) electrons. The number of azo groups is 1. The Morgan fingerprint density at radius 3 is 2.66 bits per heavy atom. The van der Waals surface area contributed by atoms with E-state index in [0.29, 0.717) is 10.9 Å². The Labute approximate surface area is 181 Å². The molecule has 9 heteroatoms. The maximum Gasteiger partial charge on any atom is 0.304 e. The summed E-state index contributed by atoms with van der Waals surface area (Å²) in [6, 6.07) is 9.93. The van der Waals surface area contributed by atoms with Crippen LogP contribution in [0.2, 0.25) is 15.1 Å². The smallest absolute Gasteiger partial charge is 0.304 e. The lowest BCUT2D eigenvalue weighted by atomic mass is 10.2. The summed E-state index contributed by atoms with van der Waals surface area (Å²) in [5, 5.41) is 19.4. The van der Waals surface area contributed by atoms with Gasteiger partial charge in [0.05, 0.1) is 27.1 Å². The van der Waals surface area contributed by atoms with Gasteiger partial charge in [0.2, 0.25) is 5.88 Å². The molecule has 29 heavy (non-hydrogen) atoms. The molecule has 2 aromatic carbocycles. The predicted octanol–water partition coefficient (Wildman–Crippen LogP) is 6.02. The highest BCUT2D eigenvalue weighted by Gasteiger charge is 2.19. The van der Waals surface area contributed by atoms with Crippen molar-refractivity contribution in [2.75, 3.05) is 0 Å². The largest absolute Gasteiger partial charge is 0.493 e. The highest BCUT2D eigenvalue weighted by molar-refractivity contribution is 6.43. The molecule has 1 heterocycles. The highest BCUT2D eigenvalue weighted by Crippen LogP contribution is 2.39. The number of carbonyl (C=O) groups is 1. The third-order valence-corrected chi connectivity index (χ3v) is 5.06. The lowest BCUT2D eigenvalue weighted by molar-refractivity contribution is -0.124. The van der Waals surface area contributed by atoms with Gasteiger partial charge in [0.15, 0.2) is 11.8 Å². The standard InChI is InChI=1S/C20H14Cl3N3O3/c1-3-8-26-16-7-5-4-6-12(16)18(20(26)28)24-25-19(27)11(2)29-17-10-14(22)13(21)9-15(17)23/h1,4-7,9-11,28H,8H2,2H3. The number of fused-ring (bicyclic) bond motifs is 1. The van der Waals surface area contributed by atoms with E-state index in [9.17, 15) is 9.90 Å². The molecule has 3 aromatic rings. The highest BCUT2D eigenvalue weighted by atomic mass is 35.5. The minimum absolute atomic E-state index is 0.143. The number of hydrogen-bond donors (Lipinski definition) is 1. The van der Waals surface area contributed by atoms with Crippen LogP contribution >= 0.6 is 34.8 Å². The van der Waals surface area contributed by atoms with Gasteiger partial charge in [0.1, 0.15) is 5.75 Å². The van der Waals surface area contributed by atoms with Crippen LogP contribution < -0.4 is 4.74 Å². The molecule has 0 aliphatic heterocycles. The van der Waals surface area contributed by atoms with E-state index in [1.165, 1.54) is 23.6 Å². The Kier molecular flexibility index (Phi) is 6.33. The lowest BCUT2D eigenvalue weighted by Crippen LogP contribution is -2.21. The molecular formula is C20H14Cl3N3O3. The third-order valence-electron chi connectivity index (χ3n) is 4.04. The molecular weight excluding hydrogens is 437 g/mol. The first kappa shape index (κ1) is 21.0. The van der Waals surface area contributed by atoms with Gasteiger partial charge in [0.25, 0.3) is 0 Å². The Morgan fingerprint density at radius 2 is 1.93 bits per heavy atom. The second-order valence-corrected chi connectivity index (χ2v) is 7.20. The van der Waals surface area contributed by atoms with E-state index in [2.05, 4.69) is 16.1 Å². The number of aromatic hydroxyl groups is 1. The summed E-state index contributed by atoms with van der Waals surface area (Å²) in [4.78, 5) is 12.4. The molecule has 0 saturated carbocycles. The van der Waals surface area contributed by atoms with Crippen LogP contribution in [0.25, 0.3) is 10.9 Å². The molecule has 0 saturated heterocycles. The summed E-state index contributed by atoms with van der Waals surface area (Å²) in [5.74, 6) is 1.79. The van der Waals surface area contributed by atoms with Crippen molar-refractivity contribution in [2.24, 2.45) is 10.2 Å². The summed E-state index contributed by atoms with van der Waals surface area (Å²) in [6.45, 7) is 1.63. The van der Waals surface area contributed by atoms with Crippen LogP contribution in [0, 0.1) is 12.3 Å². The van der Waals surface area contributed by atoms with E-state index in [4.69, 9.17) is 46.0 Å². The molecule has 1 N–H and O–H groups in total. The maximum atomic E-state index is 12.4. The molecule has 1 atom stereocenters. The fourth-order valence-corrected chi connectivity index (χ4v) is 3.22. The topological polar surface area (TPSA) is 76.2 Å². The Bertz CT molecular complexity index is 1170. The molecule has 1 amide bonds. The van der Waals surface area contributed by atoms with Crippen molar-refractivity contribution in [3.8, 4) is 24.0 Å². The van der Waals surface area contributed by atoms with E-state index >= 15 is 0 Å². The summed E-state index contributed by atoms with van der Waals surface area (Å²) in [7, 11) is 0. The van der Waals surface area contributed by atoms with E-state index in [0.717, 1.165) is 0 Å². The minimum Gasteiger partial charge on any atom is -0.493 e. The summed E-state index contributed by atoms with van der Waals surface area (Å²) in [6.07, 6.45) is 4.36. The number of para-hydroxylation sites is 1. The van der Waals surface area contributed by atoms with Gasteiger partial charge in [-0.3, -0.25) is 9.36 Å². The van der Waals surface area contributed by atoms with Crippen LogP contribution in [0.15, 0.2) is 46.6 Å². The number of aromatic nitrogens is 1. The van der Waals surface area contributed by atoms with Crippen molar-refractivity contribution in [1.29, 1.82) is 0 Å². The fourth-order valence-electron chi connectivity index (χ4n) is 2.64. The Balaban J connectivity index is 1.85. The van der Waals surface area contributed by atoms with Crippen LogP contribution in [0.3, 0.4) is 0 Å². The first-order valence-corrected chi connectivity index (χ1v) is 9.47. The number of hydrogen-bond acceptors (Lipinski definition) is 4. The van der Waals surface area contributed by atoms with Gasteiger partial charge in [-0.2, -0.15) is 0 Å². The van der Waals surface area contributed by atoms with E-state index in [1.54, 1.807) is 24.3 Å². The van der Waals surface area contributed by atoms with Crippen LogP contribution in [0.5, 0.6) is 11.6 Å². The Hall–Kier alpha value is -2.72. The van der Waals surface area contributed by atoms with Crippen molar-refractivity contribution in [2.45, 2.75) is 19.6 Å². The number of terminal acetylenes is 1. The second kappa shape index (κ2) is 8.75. The number of halogens is 3. The first-order chi connectivity index (χ1) is 13.8. The number of nitrogens with zero attached hydrogens (tertiary/aromatic N) is 3. The SMILES string of the molecule is C#CCn1c(O)c(N=NC(=O)C(C)Oc2cc(Cl)c(Cl)cc2Cl)c2ccccc21. The zero-order valence-corrected chi connectivity index (χ0v) is 17.3. The quantitative estimate of drug-likeness (QED) is 0.293. The van der Waals surface area contributed by atoms with E-state index in [-0.39, 0.29) is 38.9 Å². The molecule has 0 spiro atoms. The molecule has 1 unspecified atom stereocenters. The van der Waals surface area contributed by atoms with Gasteiger partial charge in [-0.25, -0.2) is 0 Å². The molecule has 6 nitrogen and oxygen atoms in total. The van der Waals surface area contributed by atoms with Gasteiger partial charge < -0.3 is 9.84 Å². The monoisotopic (exact) mass is 449 g/mol. The third kappa shape index (κ3) is 4.33. The normalized spacial score (nSPS) is 12.2. The number of amides is 1. The molecule has 0 bridgehead atoms. The summed E-state index contributed by atoms with van der Waals surface area (Å²) < 4.78 is 7.02. The van der Waals surface area contributed by atoms with Gasteiger partial charge in [0, 0.05) is 11.5 Å². The molecule has 1 aromatic heterocycles. The van der Waals surface area contributed by atoms with Crippen LogP contribution in [-0.2, 0) is 11.3 Å². The second-order valence-electron chi connectivity index (χ2n) is 5.97. The van der Waals surface area contributed by atoms with Crippen molar-refractivity contribution in [1.82, 2.24) is 4.57 Å². The Morgan fingerprint density at radius 1 is 1.24 bits per heavy atom. The minimum atomic E-state index is -1.00. The summed E-state index contributed by atoms with van der Waals surface area (Å²) in [5.41, 5.74) is 0.820.